The molecule has 0 unspecified atom stereocenters. The maximum Gasteiger partial charge on any atom is 0.319 e. The number of rotatable bonds is 9. The number of piperazine rings is 1. The lowest BCUT2D eigenvalue weighted by Crippen LogP contribution is -2.46. The molecule has 1 fully saturated rings. The standard InChI is InChI=1S/C27H33ClN8O2/c1-2-35-19-25(30-27(38)29-16-20-3-5-21(28)6-4-20)24-15-23(7-8-26(24)35)36-18-22(31-32-36)17-34-11-9-33(10-12-34)13-14-37/h3-8,15,18-19,37H,2,9-14,16-17H2,1H3,(H2,29,30,38). The second-order valence-corrected chi connectivity index (χ2v) is 9.90. The number of fused-ring (bicyclic) bond motifs is 1. The zero-order chi connectivity index (χ0) is 26.5. The lowest BCUT2D eigenvalue weighted by atomic mass is 10.2. The number of urea groups is 1. The molecule has 0 spiro atoms. The van der Waals surface area contributed by atoms with Crippen LogP contribution in [0, 0.1) is 0 Å². The van der Waals surface area contributed by atoms with E-state index in [2.05, 4.69) is 42.2 Å². The summed E-state index contributed by atoms with van der Waals surface area (Å²) in [6.45, 7) is 8.70. The first-order valence-electron chi connectivity index (χ1n) is 12.9. The smallest absolute Gasteiger partial charge is 0.319 e. The number of amides is 2. The Labute approximate surface area is 226 Å². The number of hydrogen-bond acceptors (Lipinski definition) is 6. The number of carbonyl (C=O) groups is 1. The van der Waals surface area contributed by atoms with Gasteiger partial charge in [0, 0.05) is 69.0 Å². The Morgan fingerprint density at radius 2 is 1.82 bits per heavy atom. The molecular formula is C27H33ClN8O2. The first-order valence-corrected chi connectivity index (χ1v) is 13.3. The molecule has 2 amide bonds. The minimum absolute atomic E-state index is 0.200. The van der Waals surface area contributed by atoms with E-state index in [1.54, 1.807) is 4.68 Å². The average molecular weight is 537 g/mol. The number of aryl methyl sites for hydroxylation is 1. The summed E-state index contributed by atoms with van der Waals surface area (Å²) in [5.41, 5.74) is 4.52. The molecule has 3 N–H and O–H groups in total. The van der Waals surface area contributed by atoms with Crippen molar-refractivity contribution in [3.63, 3.8) is 0 Å². The predicted octanol–water partition coefficient (Wildman–Crippen LogP) is 3.33. The molecule has 10 nitrogen and oxygen atoms in total. The second kappa shape index (κ2) is 12.0. The van der Waals surface area contributed by atoms with Crippen molar-refractivity contribution in [2.24, 2.45) is 0 Å². The molecule has 11 heteroatoms. The van der Waals surface area contributed by atoms with Crippen molar-refractivity contribution in [1.29, 1.82) is 0 Å². The van der Waals surface area contributed by atoms with Gasteiger partial charge in [-0.25, -0.2) is 9.48 Å². The molecule has 2 aromatic carbocycles. The van der Waals surface area contributed by atoms with Crippen molar-refractivity contribution in [1.82, 2.24) is 34.7 Å². The third kappa shape index (κ3) is 6.16. The van der Waals surface area contributed by atoms with Gasteiger partial charge in [0.2, 0.25) is 0 Å². The van der Waals surface area contributed by atoms with Crippen LogP contribution in [0.1, 0.15) is 18.2 Å². The van der Waals surface area contributed by atoms with E-state index in [0.717, 1.165) is 79.3 Å². The highest BCUT2D eigenvalue weighted by Gasteiger charge is 2.18. The Morgan fingerprint density at radius 1 is 1.05 bits per heavy atom. The number of aliphatic hydroxyl groups is 1. The summed E-state index contributed by atoms with van der Waals surface area (Å²) in [4.78, 5) is 17.3. The van der Waals surface area contributed by atoms with Gasteiger partial charge in [-0.3, -0.25) is 9.80 Å². The molecule has 2 aromatic heterocycles. The van der Waals surface area contributed by atoms with Crippen molar-refractivity contribution in [2.45, 2.75) is 26.6 Å². The fraction of sp³-hybridized carbons (Fsp3) is 0.370. The topological polar surface area (TPSA) is 103 Å². The number of β-amino-alcohol motifs (C(OH)–C–C–N with tert-alkyl or cyclic N) is 1. The normalized spacial score (nSPS) is 14.7. The minimum atomic E-state index is -0.275. The van der Waals surface area contributed by atoms with Crippen LogP contribution in [-0.4, -0.2) is 79.8 Å². The van der Waals surface area contributed by atoms with Gasteiger partial charge in [0.05, 0.1) is 35.4 Å². The van der Waals surface area contributed by atoms with Crippen LogP contribution in [0.15, 0.2) is 54.9 Å². The van der Waals surface area contributed by atoms with Crippen LogP contribution in [0.3, 0.4) is 0 Å². The van der Waals surface area contributed by atoms with E-state index in [4.69, 9.17) is 16.7 Å². The summed E-state index contributed by atoms with van der Waals surface area (Å²) in [6, 6.07) is 13.2. The Balaban J connectivity index is 1.27. The number of anilines is 1. The molecule has 0 saturated carbocycles. The Kier molecular flexibility index (Phi) is 8.23. The number of aromatic nitrogens is 4. The van der Waals surface area contributed by atoms with Crippen LogP contribution in [0.4, 0.5) is 10.5 Å². The van der Waals surface area contributed by atoms with Gasteiger partial charge in [-0.1, -0.05) is 28.9 Å². The highest BCUT2D eigenvalue weighted by molar-refractivity contribution is 6.30. The average Bonchev–Trinajstić information content (AvgIpc) is 3.54. The third-order valence-electron chi connectivity index (χ3n) is 6.89. The molecule has 38 heavy (non-hydrogen) atoms. The molecule has 0 atom stereocenters. The summed E-state index contributed by atoms with van der Waals surface area (Å²) in [6.07, 6.45) is 3.92. The van der Waals surface area contributed by atoms with Crippen LogP contribution in [0.25, 0.3) is 16.6 Å². The maximum atomic E-state index is 12.7. The van der Waals surface area contributed by atoms with Crippen LogP contribution < -0.4 is 10.6 Å². The van der Waals surface area contributed by atoms with E-state index in [1.807, 2.05) is 54.9 Å². The van der Waals surface area contributed by atoms with Crippen molar-refractivity contribution in [3.05, 3.63) is 71.1 Å². The monoisotopic (exact) mass is 536 g/mol. The van der Waals surface area contributed by atoms with Gasteiger partial charge in [0.15, 0.2) is 0 Å². The number of carbonyl (C=O) groups excluding carboxylic acids is 1. The van der Waals surface area contributed by atoms with Crippen LogP contribution in [0.5, 0.6) is 0 Å². The molecule has 200 valence electrons. The third-order valence-corrected chi connectivity index (χ3v) is 7.14. The number of nitrogens with one attached hydrogen (secondary N) is 2. The van der Waals surface area contributed by atoms with Gasteiger partial charge in [0.25, 0.3) is 0 Å². The van der Waals surface area contributed by atoms with Crippen LogP contribution >= 0.6 is 11.6 Å². The van der Waals surface area contributed by atoms with Gasteiger partial charge in [-0.2, -0.15) is 0 Å². The first-order chi connectivity index (χ1) is 18.5. The molecule has 3 heterocycles. The number of aliphatic hydroxyl groups excluding tert-OH is 1. The SMILES string of the molecule is CCn1cc(NC(=O)NCc2ccc(Cl)cc2)c2cc(-n3cc(CN4CCN(CCO)CC4)nn3)ccc21. The van der Waals surface area contributed by atoms with Crippen molar-refractivity contribution in [2.75, 3.05) is 44.6 Å². The van der Waals surface area contributed by atoms with Gasteiger partial charge < -0.3 is 20.3 Å². The van der Waals surface area contributed by atoms with Crippen LogP contribution in [-0.2, 0) is 19.6 Å². The number of benzene rings is 2. The molecule has 0 bridgehead atoms. The highest BCUT2D eigenvalue weighted by atomic mass is 35.5. The quantitative estimate of drug-likeness (QED) is 0.303. The van der Waals surface area contributed by atoms with Crippen molar-refractivity contribution >= 4 is 34.2 Å². The number of halogens is 1. The predicted molar refractivity (Wildman–Crippen MR) is 149 cm³/mol. The molecule has 5 rings (SSSR count). The molecular weight excluding hydrogens is 504 g/mol. The van der Waals surface area contributed by atoms with Crippen LogP contribution in [0.2, 0.25) is 5.02 Å². The lowest BCUT2D eigenvalue weighted by Gasteiger charge is -2.33. The highest BCUT2D eigenvalue weighted by Crippen LogP contribution is 2.28. The fourth-order valence-corrected chi connectivity index (χ4v) is 4.90. The summed E-state index contributed by atoms with van der Waals surface area (Å²) in [7, 11) is 0. The van der Waals surface area contributed by atoms with Gasteiger partial charge >= 0.3 is 6.03 Å². The zero-order valence-corrected chi connectivity index (χ0v) is 22.2. The van der Waals surface area contributed by atoms with Gasteiger partial charge in [-0.15, -0.1) is 5.10 Å². The summed E-state index contributed by atoms with van der Waals surface area (Å²) >= 11 is 5.95. The fourth-order valence-electron chi connectivity index (χ4n) is 4.78. The van der Waals surface area contributed by atoms with Gasteiger partial charge in [0.1, 0.15) is 0 Å². The molecule has 1 aliphatic heterocycles. The molecule has 4 aromatic rings. The maximum absolute atomic E-state index is 12.7. The minimum Gasteiger partial charge on any atom is -0.395 e. The van der Waals surface area contributed by atoms with Gasteiger partial charge in [-0.05, 0) is 42.8 Å². The summed E-state index contributed by atoms with van der Waals surface area (Å²) in [5.74, 6) is 0. The van der Waals surface area contributed by atoms with Crippen molar-refractivity contribution in [3.8, 4) is 5.69 Å². The largest absolute Gasteiger partial charge is 0.395 e. The van der Waals surface area contributed by atoms with E-state index in [1.165, 1.54) is 0 Å². The number of nitrogens with zero attached hydrogens (tertiary/aromatic N) is 6. The van der Waals surface area contributed by atoms with E-state index >= 15 is 0 Å². The summed E-state index contributed by atoms with van der Waals surface area (Å²) < 4.78 is 3.89. The molecule has 0 aliphatic carbocycles. The lowest BCUT2D eigenvalue weighted by molar-refractivity contribution is 0.107. The Morgan fingerprint density at radius 3 is 2.55 bits per heavy atom. The van der Waals surface area contributed by atoms with E-state index < -0.39 is 0 Å². The molecule has 1 saturated heterocycles. The van der Waals surface area contributed by atoms with Crippen molar-refractivity contribution < 1.29 is 9.90 Å². The Hall–Kier alpha value is -3.44. The molecule has 1 aliphatic rings. The van der Waals surface area contributed by atoms with E-state index in [0.29, 0.717) is 11.6 Å². The van der Waals surface area contributed by atoms with E-state index in [9.17, 15) is 4.79 Å². The number of hydrogen-bond donors (Lipinski definition) is 3. The second-order valence-electron chi connectivity index (χ2n) is 9.46. The zero-order valence-electron chi connectivity index (χ0n) is 21.5. The summed E-state index contributed by atoms with van der Waals surface area (Å²) in [5, 5.41) is 25.4. The Bertz CT molecular complexity index is 1380. The molecule has 0 radical (unpaired) electrons. The first kappa shape index (κ1) is 26.2. The van der Waals surface area contributed by atoms with E-state index in [-0.39, 0.29) is 12.6 Å².